The number of anilines is 4. The largest absolute Gasteiger partial charge is 0.507 e. The number of pyridine rings is 1. The highest BCUT2D eigenvalue weighted by Crippen LogP contribution is 2.48. The predicted octanol–water partition coefficient (Wildman–Crippen LogP) is 18.9. The van der Waals surface area contributed by atoms with Gasteiger partial charge in [-0.1, -0.05) is 280 Å². The van der Waals surface area contributed by atoms with Crippen LogP contribution < -0.4 is 36.0 Å². The number of aromatic nitrogens is 7. The zero-order valence-electron chi connectivity index (χ0n) is 80.3. The fourth-order valence-corrected chi connectivity index (χ4v) is 16.5. The number of carboxylic acids is 1. The van der Waals surface area contributed by atoms with Crippen molar-refractivity contribution in [1.82, 2.24) is 52.0 Å². The number of hydroxylamine groups is 3. The zero-order valence-corrected chi connectivity index (χ0v) is 80.3. The van der Waals surface area contributed by atoms with Crippen LogP contribution in [0.5, 0.6) is 0 Å². The Morgan fingerprint density at radius 3 is 0.891 bits per heavy atom. The van der Waals surface area contributed by atoms with Crippen molar-refractivity contribution in [2.24, 2.45) is 0 Å². The number of carbonyl (C=O) groups is 9. The van der Waals surface area contributed by atoms with Crippen LogP contribution in [0.1, 0.15) is 235 Å². The molecule has 4 unspecified atom stereocenters. The van der Waals surface area contributed by atoms with Crippen molar-refractivity contribution in [3.8, 4) is 0 Å². The van der Waals surface area contributed by atoms with E-state index in [0.717, 1.165) is 72.6 Å². The fraction of sp³-hybridized carbons (Fsp3) is 0.255. The van der Waals surface area contributed by atoms with Crippen LogP contribution in [0.2, 0.25) is 0 Å². The molecule has 4 amide bonds. The minimum Gasteiger partial charge on any atom is -0.507 e. The lowest BCUT2D eigenvalue weighted by Crippen LogP contribution is -2.30. The summed E-state index contributed by atoms with van der Waals surface area (Å²) in [6, 6.07) is 71.8. The minimum atomic E-state index is -1.19. The molecule has 16 rings (SSSR count). The molecule has 0 bridgehead atoms. The maximum absolute atomic E-state index is 13.7. The van der Waals surface area contributed by atoms with E-state index < -0.39 is 83.5 Å². The number of ketones is 4. The number of aryl methyl sites for hydroxylation is 7. The number of aliphatic hydroxyl groups is 1. The fourth-order valence-electron chi connectivity index (χ4n) is 16.5. The summed E-state index contributed by atoms with van der Waals surface area (Å²) >= 11 is 0. The van der Waals surface area contributed by atoms with E-state index in [1.165, 1.54) is 32.3 Å². The van der Waals surface area contributed by atoms with Gasteiger partial charge >= 0.3 is 23.7 Å². The molecule has 0 aliphatic carbocycles. The maximum Gasteiger partial charge on any atom is 0.332 e. The molecule has 8 aromatic carbocycles. The van der Waals surface area contributed by atoms with Crippen molar-refractivity contribution in [3.05, 3.63) is 383 Å². The molecule has 4 atom stereocenters. The molecule has 4 aromatic heterocycles. The van der Waals surface area contributed by atoms with Crippen molar-refractivity contribution in [3.63, 3.8) is 0 Å². The zero-order chi connectivity index (χ0) is 99.4. The Labute approximate surface area is 802 Å². The van der Waals surface area contributed by atoms with Crippen LogP contribution in [-0.2, 0) is 52.8 Å². The van der Waals surface area contributed by atoms with Gasteiger partial charge in [0, 0.05) is 27.9 Å². The summed E-state index contributed by atoms with van der Waals surface area (Å²) in [4.78, 5) is 138. The predicted molar refractivity (Wildman–Crippen MR) is 529 cm³/mol. The first kappa shape index (κ1) is 99.7. The molecule has 138 heavy (non-hydrogen) atoms. The summed E-state index contributed by atoms with van der Waals surface area (Å²) in [6.07, 6.45) is 1.59. The van der Waals surface area contributed by atoms with Gasteiger partial charge in [0.1, 0.15) is 5.76 Å². The number of rotatable bonds is 24. The van der Waals surface area contributed by atoms with Gasteiger partial charge in [0.25, 0.3) is 29.0 Å². The van der Waals surface area contributed by atoms with E-state index >= 15 is 0 Å². The van der Waals surface area contributed by atoms with E-state index in [1.54, 1.807) is 92.8 Å². The van der Waals surface area contributed by atoms with Crippen LogP contribution in [0, 0.1) is 48.5 Å². The molecular weight excluding hydrogens is 1740 g/mol. The third-order valence-electron chi connectivity index (χ3n) is 24.3. The number of hydrogen-bond donors (Lipinski definition) is 6. The van der Waals surface area contributed by atoms with Gasteiger partial charge in [-0.2, -0.15) is 15.3 Å². The summed E-state index contributed by atoms with van der Waals surface area (Å²) in [5.41, 5.74) is 26.8. The van der Waals surface area contributed by atoms with Crippen LogP contribution in [0.15, 0.2) is 271 Å². The standard InChI is InChI=1S/C30H32N4O5.C27H28N4O3.C27H26N2O3.C26H26N4O3/c1-17(2)20-7-11-22(12-8-20)27(33-39-16-25(35)36)26-28(23-13-9-21(10-14-23)18(3)4)34(30(38)29(26)37)24-15-6-19(5)31-32-24;1-16(2)19-11-13-21(14-12-19)25-23(24(30-34-5)20-9-6-17(3)7-10-20)26(32)27(33)31(25)22-15-8-18(4)28-29-22;1-16(2)19-10-12-20(13-11-19)24-23(25(30)21-8-5-17(3)6-9-21)26(31)27(32)29(24)22-14-7-18(4)28-15-22;1-15(2)18-10-12-20(13-11-18)24-22(23(29-33)19-8-5-16(3)6-9-19)25(31)26(32)30(24)21-14-7-17(4)27-28-21/h6-15,17-18,28,33H,16H2,1-5H3,(H,35,36);6-16,25,30H,1-5H3;5-16,24,30H,1-4H3;5-15,24,29,33H,1-4H3. The second-order valence-electron chi connectivity index (χ2n) is 35.9. The normalized spacial score (nSPS) is 17.4. The number of aliphatic carboxylic acids is 1. The number of nitrogens with zero attached hydrogens (tertiary/aromatic N) is 11. The molecule has 0 spiro atoms. The molecule has 0 radical (unpaired) electrons. The second kappa shape index (κ2) is 43.7. The lowest BCUT2D eigenvalue weighted by atomic mass is 9.92. The first-order valence-corrected chi connectivity index (χ1v) is 45.5. The Morgan fingerprint density at radius 2 is 0.601 bits per heavy atom. The molecular formula is C110H112N14O14. The van der Waals surface area contributed by atoms with Crippen LogP contribution in [0.4, 0.5) is 23.1 Å². The monoisotopic (exact) mass is 1850 g/mol. The van der Waals surface area contributed by atoms with Gasteiger partial charge in [0.2, 0.25) is 0 Å². The molecule has 706 valence electrons. The van der Waals surface area contributed by atoms with Crippen LogP contribution in [0.3, 0.4) is 0 Å². The first-order valence-electron chi connectivity index (χ1n) is 45.5. The minimum absolute atomic E-state index is 0.0803. The Morgan fingerprint density at radius 1 is 0.326 bits per heavy atom. The molecule has 4 aliphatic rings. The number of carbonyl (C=O) groups excluding carboxylic acids is 8. The Bertz CT molecular complexity index is 6650. The smallest absolute Gasteiger partial charge is 0.332 e. The van der Waals surface area contributed by atoms with E-state index in [2.05, 4.69) is 121 Å². The number of aliphatic hydroxyl groups excluding tert-OH is 1. The average molecular weight is 1850 g/mol. The van der Waals surface area contributed by atoms with Gasteiger partial charge in [0.05, 0.1) is 99.6 Å². The van der Waals surface area contributed by atoms with E-state index in [0.29, 0.717) is 80.1 Å². The molecule has 6 N–H and O–H groups in total. The van der Waals surface area contributed by atoms with Crippen molar-refractivity contribution in [2.75, 3.05) is 33.3 Å². The first-order chi connectivity index (χ1) is 66.0. The Balaban J connectivity index is 0.000000156. The van der Waals surface area contributed by atoms with Crippen molar-refractivity contribution < 1.29 is 68.2 Å². The third kappa shape index (κ3) is 21.9. The van der Waals surface area contributed by atoms with E-state index in [9.17, 15) is 53.5 Å². The Kier molecular flexibility index (Phi) is 31.6. The van der Waals surface area contributed by atoms with Gasteiger partial charge in [-0.05, 0) is 177 Å². The number of Topliss-reactive ketones (excluding diaryl/α,β-unsaturated/α-hetero) is 4. The number of hydrogen-bond acceptors (Lipinski definition) is 23. The number of carboxylic acid groups (broad SMARTS) is 1. The lowest BCUT2D eigenvalue weighted by molar-refractivity contribution is -0.144. The highest BCUT2D eigenvalue weighted by Gasteiger charge is 2.52. The van der Waals surface area contributed by atoms with Crippen molar-refractivity contribution >= 4 is 98.7 Å². The summed E-state index contributed by atoms with van der Waals surface area (Å²) in [7, 11) is 1.48. The molecule has 4 saturated heterocycles. The van der Waals surface area contributed by atoms with Crippen molar-refractivity contribution in [1.29, 1.82) is 0 Å². The SMILES string of the molecule is CONC(=C1C(=O)C(=O)N(c2ccc(C)nn2)C1c1ccc(C(C)C)cc1)c1ccc(C)cc1.Cc1ccc(C(NO)=C2C(=O)C(=O)N(c3ccc(C)nn3)C2c2ccc(C(C)C)cc2)cc1.Cc1ccc(C(O)=C2C(=O)C(=O)N(c3ccc(C)nc3)C2c2ccc(C(C)C)cc2)cc1.Cc1ccc(N2C(=O)C(=O)C(=C(NOCC(=O)O)c3ccc(C(C)C)cc3)C2c2ccc(C(C)C)cc2)nn1. The number of nitrogens with one attached hydrogen (secondary N) is 3. The van der Waals surface area contributed by atoms with Gasteiger partial charge in [-0.15, -0.1) is 15.3 Å². The highest BCUT2D eigenvalue weighted by atomic mass is 16.7. The van der Waals surface area contributed by atoms with E-state index in [4.69, 9.17) is 14.8 Å². The second-order valence-corrected chi connectivity index (χ2v) is 35.9. The van der Waals surface area contributed by atoms with E-state index in [1.807, 2.05) is 204 Å². The molecule has 0 saturated carbocycles. The molecule has 8 heterocycles. The van der Waals surface area contributed by atoms with Crippen LogP contribution >= 0.6 is 0 Å². The summed E-state index contributed by atoms with van der Waals surface area (Å²) in [6.45, 7) is 33.4. The van der Waals surface area contributed by atoms with Gasteiger partial charge in [-0.25, -0.2) is 4.79 Å². The molecule has 28 heteroatoms. The summed E-state index contributed by atoms with van der Waals surface area (Å²) in [5, 5.41) is 55.2. The number of benzene rings is 8. The average Bonchev–Trinajstić information content (AvgIpc) is 1.60. The van der Waals surface area contributed by atoms with Gasteiger partial charge in [-0.3, -0.25) is 94.3 Å². The lowest BCUT2D eigenvalue weighted by Gasteiger charge is -2.25. The summed E-state index contributed by atoms with van der Waals surface area (Å²) < 4.78 is 0. The highest BCUT2D eigenvalue weighted by molar-refractivity contribution is 6.54. The third-order valence-corrected chi connectivity index (χ3v) is 24.3. The molecule has 12 aromatic rings. The quantitative estimate of drug-likeness (QED) is 0.0142. The van der Waals surface area contributed by atoms with Crippen LogP contribution in [-0.4, -0.2) is 117 Å². The van der Waals surface area contributed by atoms with E-state index in [-0.39, 0.29) is 51.4 Å². The molecule has 4 fully saturated rings. The number of amides is 4. The maximum atomic E-state index is 13.7. The summed E-state index contributed by atoms with van der Waals surface area (Å²) in [5.74, 6) is -4.52. The molecule has 28 nitrogen and oxygen atoms in total. The molecule has 4 aliphatic heterocycles. The Hall–Kier alpha value is -15.8. The van der Waals surface area contributed by atoms with Crippen molar-refractivity contribution in [2.45, 2.75) is 171 Å². The van der Waals surface area contributed by atoms with Gasteiger partial charge in [0.15, 0.2) is 24.1 Å². The van der Waals surface area contributed by atoms with Gasteiger partial charge < -0.3 is 10.2 Å². The topological polar surface area (TPSA) is 372 Å². The van der Waals surface area contributed by atoms with Crippen LogP contribution in [0.25, 0.3) is 22.9 Å².